The third-order valence-electron chi connectivity index (χ3n) is 3.91. The van der Waals surface area contributed by atoms with Gasteiger partial charge in [-0.2, -0.15) is 5.26 Å². The second-order valence-electron chi connectivity index (χ2n) is 6.08. The summed E-state index contributed by atoms with van der Waals surface area (Å²) in [6.07, 6.45) is -3.60. The number of hydrogen-bond acceptors (Lipinski definition) is 5. The van der Waals surface area contributed by atoms with Crippen molar-refractivity contribution in [1.82, 2.24) is 10.3 Å². The number of alkyl halides is 3. The van der Waals surface area contributed by atoms with Gasteiger partial charge in [0.05, 0.1) is 11.6 Å². The van der Waals surface area contributed by atoms with Crippen molar-refractivity contribution in [2.24, 2.45) is 0 Å². The smallest absolute Gasteiger partial charge is 0.435 e. The molecule has 0 spiro atoms. The predicted octanol–water partition coefficient (Wildman–Crippen LogP) is 5.23. The Balaban J connectivity index is 1.71. The molecule has 1 N–H and O–H groups in total. The quantitative estimate of drug-likeness (QED) is 0.559. The van der Waals surface area contributed by atoms with Crippen LogP contribution in [0, 0.1) is 11.3 Å². The molecule has 3 rings (SSSR count). The molecule has 0 atom stereocenters. The number of halogens is 4. The van der Waals surface area contributed by atoms with E-state index in [9.17, 15) is 18.0 Å². The Morgan fingerprint density at radius 1 is 1.13 bits per heavy atom. The maximum atomic E-state index is 12.6. The molecule has 31 heavy (non-hydrogen) atoms. The van der Waals surface area contributed by atoms with E-state index in [1.165, 1.54) is 42.6 Å². The van der Waals surface area contributed by atoms with Crippen LogP contribution >= 0.6 is 11.6 Å². The molecule has 0 unspecified atom stereocenters. The minimum Gasteiger partial charge on any atom is -0.435 e. The number of nitrogens with zero attached hydrogens (tertiary/aromatic N) is 2. The van der Waals surface area contributed by atoms with Crippen molar-refractivity contribution in [3.8, 4) is 23.4 Å². The maximum absolute atomic E-state index is 12.6. The molecule has 10 heteroatoms. The summed E-state index contributed by atoms with van der Waals surface area (Å²) in [6, 6.07) is 14.6. The molecule has 158 valence electrons. The molecule has 0 aliphatic rings. The number of hydrogen-bond donors (Lipinski definition) is 1. The molecule has 2 aromatic carbocycles. The van der Waals surface area contributed by atoms with Crippen LogP contribution in [0.3, 0.4) is 0 Å². The molecule has 0 radical (unpaired) electrons. The number of para-hydroxylation sites is 2. The zero-order chi connectivity index (χ0) is 22.4. The Morgan fingerprint density at radius 2 is 1.87 bits per heavy atom. The van der Waals surface area contributed by atoms with Crippen molar-refractivity contribution in [3.63, 3.8) is 0 Å². The van der Waals surface area contributed by atoms with E-state index in [-0.39, 0.29) is 23.7 Å². The van der Waals surface area contributed by atoms with Gasteiger partial charge in [0, 0.05) is 29.4 Å². The van der Waals surface area contributed by atoms with Crippen LogP contribution in [-0.4, -0.2) is 17.3 Å². The van der Waals surface area contributed by atoms with Crippen LogP contribution in [0.25, 0.3) is 0 Å². The molecule has 1 aromatic heterocycles. The maximum Gasteiger partial charge on any atom is 0.573 e. The van der Waals surface area contributed by atoms with E-state index in [1.807, 2.05) is 6.07 Å². The summed E-state index contributed by atoms with van der Waals surface area (Å²) in [5.74, 6) is -1.33. The first-order valence-electron chi connectivity index (χ1n) is 8.70. The van der Waals surface area contributed by atoms with Gasteiger partial charge in [-0.25, -0.2) is 4.98 Å². The Bertz CT molecular complexity index is 1150. The normalized spacial score (nSPS) is 10.8. The van der Waals surface area contributed by atoms with Crippen LogP contribution in [0.15, 0.2) is 60.8 Å². The van der Waals surface area contributed by atoms with Crippen molar-refractivity contribution in [2.75, 3.05) is 0 Å². The number of carbonyl (C=O) groups excluding carboxylic acids is 1. The highest BCUT2D eigenvalue weighted by Gasteiger charge is 2.32. The number of amides is 1. The van der Waals surface area contributed by atoms with E-state index >= 15 is 0 Å². The van der Waals surface area contributed by atoms with Gasteiger partial charge in [-0.1, -0.05) is 29.8 Å². The third-order valence-corrected chi connectivity index (χ3v) is 4.26. The SMILES string of the molecule is N#Cc1ccc(CNC(=O)c2ccnc(Oc3ccccc3OC(F)(F)F)c2)c(Cl)c1. The minimum atomic E-state index is -4.89. The topological polar surface area (TPSA) is 84.2 Å². The van der Waals surface area contributed by atoms with E-state index < -0.39 is 18.0 Å². The fourth-order valence-electron chi connectivity index (χ4n) is 2.50. The Labute approximate surface area is 179 Å². The van der Waals surface area contributed by atoms with Gasteiger partial charge in [-0.15, -0.1) is 13.2 Å². The average molecular weight is 448 g/mol. The molecular formula is C21H13ClF3N3O3. The fraction of sp³-hybridized carbons (Fsp3) is 0.0952. The van der Waals surface area contributed by atoms with Crippen molar-refractivity contribution >= 4 is 17.5 Å². The van der Waals surface area contributed by atoms with Gasteiger partial charge in [0.15, 0.2) is 11.5 Å². The Hall–Kier alpha value is -3.77. The van der Waals surface area contributed by atoms with Crippen molar-refractivity contribution in [1.29, 1.82) is 5.26 Å². The van der Waals surface area contributed by atoms with E-state index in [2.05, 4.69) is 15.0 Å². The first kappa shape index (κ1) is 21.9. The van der Waals surface area contributed by atoms with Crippen LogP contribution in [0.4, 0.5) is 13.2 Å². The molecule has 1 amide bonds. The summed E-state index contributed by atoms with van der Waals surface area (Å²) in [4.78, 5) is 16.4. The van der Waals surface area contributed by atoms with Crippen LogP contribution in [-0.2, 0) is 6.54 Å². The Morgan fingerprint density at radius 3 is 2.55 bits per heavy atom. The van der Waals surface area contributed by atoms with Crippen LogP contribution < -0.4 is 14.8 Å². The lowest BCUT2D eigenvalue weighted by molar-refractivity contribution is -0.275. The molecular weight excluding hydrogens is 435 g/mol. The van der Waals surface area contributed by atoms with Crippen LogP contribution in [0.5, 0.6) is 17.4 Å². The van der Waals surface area contributed by atoms with Gasteiger partial charge >= 0.3 is 6.36 Å². The highest BCUT2D eigenvalue weighted by Crippen LogP contribution is 2.34. The van der Waals surface area contributed by atoms with Gasteiger partial charge in [0.25, 0.3) is 5.91 Å². The number of benzene rings is 2. The number of nitrogens with one attached hydrogen (secondary N) is 1. The molecule has 3 aromatic rings. The number of nitriles is 1. The number of carbonyl (C=O) groups is 1. The zero-order valence-electron chi connectivity index (χ0n) is 15.6. The van der Waals surface area contributed by atoms with Gasteiger partial charge in [0.2, 0.25) is 5.88 Å². The summed E-state index contributed by atoms with van der Waals surface area (Å²) >= 11 is 6.09. The third kappa shape index (κ3) is 6.10. The van der Waals surface area contributed by atoms with Gasteiger partial charge < -0.3 is 14.8 Å². The summed E-state index contributed by atoms with van der Waals surface area (Å²) in [5, 5.41) is 11.9. The zero-order valence-corrected chi connectivity index (χ0v) is 16.4. The lowest BCUT2D eigenvalue weighted by Crippen LogP contribution is -2.23. The highest BCUT2D eigenvalue weighted by atomic mass is 35.5. The first-order valence-corrected chi connectivity index (χ1v) is 9.08. The fourth-order valence-corrected chi connectivity index (χ4v) is 2.75. The van der Waals surface area contributed by atoms with Crippen LogP contribution in [0.2, 0.25) is 5.02 Å². The number of pyridine rings is 1. The predicted molar refractivity (Wildman–Crippen MR) is 105 cm³/mol. The summed E-state index contributed by atoms with van der Waals surface area (Å²) < 4.78 is 47.0. The lowest BCUT2D eigenvalue weighted by Gasteiger charge is -2.13. The van der Waals surface area contributed by atoms with E-state index in [4.69, 9.17) is 21.6 Å². The monoisotopic (exact) mass is 447 g/mol. The first-order chi connectivity index (χ1) is 14.7. The second kappa shape index (κ2) is 9.36. The molecule has 0 saturated heterocycles. The summed E-state index contributed by atoms with van der Waals surface area (Å²) in [6.45, 7) is 0.101. The summed E-state index contributed by atoms with van der Waals surface area (Å²) in [7, 11) is 0. The Kier molecular flexibility index (Phi) is 6.62. The standard InChI is InChI=1S/C21H13ClF3N3O3/c22-16-9-13(11-26)5-6-15(16)12-28-20(29)14-7-8-27-19(10-14)30-17-3-1-2-4-18(17)31-21(23,24)25/h1-10H,12H2,(H,28,29). The molecule has 0 bridgehead atoms. The van der Waals surface area contributed by atoms with E-state index in [0.29, 0.717) is 16.1 Å². The number of aromatic nitrogens is 1. The molecule has 6 nitrogen and oxygen atoms in total. The highest BCUT2D eigenvalue weighted by molar-refractivity contribution is 6.31. The number of rotatable bonds is 6. The molecule has 1 heterocycles. The largest absolute Gasteiger partial charge is 0.573 e. The van der Waals surface area contributed by atoms with E-state index in [1.54, 1.807) is 12.1 Å². The van der Waals surface area contributed by atoms with E-state index in [0.717, 1.165) is 6.07 Å². The second-order valence-corrected chi connectivity index (χ2v) is 6.49. The van der Waals surface area contributed by atoms with Gasteiger partial charge in [-0.3, -0.25) is 4.79 Å². The molecule has 0 saturated carbocycles. The van der Waals surface area contributed by atoms with Crippen molar-refractivity contribution in [3.05, 3.63) is 82.5 Å². The minimum absolute atomic E-state index is 0.0951. The van der Waals surface area contributed by atoms with Crippen molar-refractivity contribution in [2.45, 2.75) is 12.9 Å². The van der Waals surface area contributed by atoms with Crippen molar-refractivity contribution < 1.29 is 27.4 Å². The molecule has 0 aliphatic heterocycles. The van der Waals surface area contributed by atoms with Gasteiger partial charge in [0.1, 0.15) is 0 Å². The van der Waals surface area contributed by atoms with Gasteiger partial charge in [-0.05, 0) is 35.9 Å². The average Bonchev–Trinajstić information content (AvgIpc) is 2.73. The molecule has 0 aliphatic carbocycles. The molecule has 0 fully saturated rings. The summed E-state index contributed by atoms with van der Waals surface area (Å²) in [5.41, 5.74) is 1.17. The number of ether oxygens (including phenoxy) is 2. The lowest BCUT2D eigenvalue weighted by atomic mass is 10.1. The van der Waals surface area contributed by atoms with Crippen LogP contribution in [0.1, 0.15) is 21.5 Å².